The maximum absolute atomic E-state index is 13.2. The highest BCUT2D eigenvalue weighted by Crippen LogP contribution is 2.26. The van der Waals surface area contributed by atoms with Gasteiger partial charge in [-0.2, -0.15) is 0 Å². The minimum atomic E-state index is -0.250. The van der Waals surface area contributed by atoms with E-state index in [0.29, 0.717) is 25.6 Å². The van der Waals surface area contributed by atoms with E-state index in [1.165, 1.54) is 12.1 Å². The van der Waals surface area contributed by atoms with E-state index in [4.69, 9.17) is 9.47 Å². The second-order valence-electron chi connectivity index (χ2n) is 6.51. The number of rotatable bonds is 4. The SMILES string of the molecule is CC(Cc1cccc(F)c1)C(=O)N1CCC(C2OCCO2)CC1. The molecule has 2 aliphatic rings. The number of amides is 1. The first-order chi connectivity index (χ1) is 11.1. The van der Waals surface area contributed by atoms with Gasteiger partial charge in [-0.1, -0.05) is 19.1 Å². The molecular weight excluding hydrogens is 297 g/mol. The molecule has 0 N–H and O–H groups in total. The van der Waals surface area contributed by atoms with Gasteiger partial charge in [-0.15, -0.1) is 0 Å². The zero-order valence-corrected chi connectivity index (χ0v) is 13.5. The lowest BCUT2D eigenvalue weighted by atomic mass is 9.94. The molecule has 0 saturated carbocycles. The molecule has 126 valence electrons. The maximum atomic E-state index is 13.2. The standard InChI is InChI=1S/C18H24FNO3/c1-13(11-14-3-2-4-16(19)12-14)17(21)20-7-5-15(6-8-20)18-22-9-10-23-18/h2-4,12-13,15,18H,5-11H2,1H3. The van der Waals surface area contributed by atoms with Crippen LogP contribution in [0.15, 0.2) is 24.3 Å². The highest BCUT2D eigenvalue weighted by molar-refractivity contribution is 5.78. The van der Waals surface area contributed by atoms with Gasteiger partial charge in [0.25, 0.3) is 0 Å². The van der Waals surface area contributed by atoms with Crippen LogP contribution in [0.2, 0.25) is 0 Å². The summed E-state index contributed by atoms with van der Waals surface area (Å²) in [6.45, 7) is 4.77. The Labute approximate surface area is 136 Å². The van der Waals surface area contributed by atoms with Crippen LogP contribution in [0, 0.1) is 17.7 Å². The average molecular weight is 321 g/mol. The number of carbonyl (C=O) groups excluding carboxylic acids is 1. The Morgan fingerprint density at radius 1 is 1.30 bits per heavy atom. The van der Waals surface area contributed by atoms with Crippen LogP contribution < -0.4 is 0 Å². The van der Waals surface area contributed by atoms with E-state index in [0.717, 1.165) is 31.5 Å². The molecule has 5 heteroatoms. The fourth-order valence-corrected chi connectivity index (χ4v) is 3.46. The molecule has 0 aliphatic carbocycles. The fraction of sp³-hybridized carbons (Fsp3) is 0.611. The zero-order chi connectivity index (χ0) is 16.2. The van der Waals surface area contributed by atoms with Crippen LogP contribution in [0.1, 0.15) is 25.3 Å². The van der Waals surface area contributed by atoms with Crippen molar-refractivity contribution < 1.29 is 18.7 Å². The van der Waals surface area contributed by atoms with Gasteiger partial charge in [0.1, 0.15) is 5.82 Å². The van der Waals surface area contributed by atoms with Crippen LogP contribution in [-0.4, -0.2) is 43.4 Å². The Hall–Kier alpha value is -1.46. The van der Waals surface area contributed by atoms with Crippen molar-refractivity contribution in [1.82, 2.24) is 4.90 Å². The number of nitrogens with zero attached hydrogens (tertiary/aromatic N) is 1. The first-order valence-corrected chi connectivity index (χ1v) is 8.40. The Balaban J connectivity index is 1.50. The molecule has 2 aliphatic heterocycles. The molecule has 0 bridgehead atoms. The molecule has 1 aromatic rings. The minimum Gasteiger partial charge on any atom is -0.350 e. The maximum Gasteiger partial charge on any atom is 0.225 e. The summed E-state index contributed by atoms with van der Waals surface area (Å²) in [5.41, 5.74) is 0.869. The fourth-order valence-electron chi connectivity index (χ4n) is 3.46. The number of benzene rings is 1. The van der Waals surface area contributed by atoms with Gasteiger partial charge in [-0.05, 0) is 37.0 Å². The van der Waals surface area contributed by atoms with Gasteiger partial charge in [0.15, 0.2) is 6.29 Å². The van der Waals surface area contributed by atoms with Gasteiger partial charge in [0, 0.05) is 24.9 Å². The van der Waals surface area contributed by atoms with Crippen molar-refractivity contribution in [3.8, 4) is 0 Å². The van der Waals surface area contributed by atoms with E-state index in [-0.39, 0.29) is 23.9 Å². The number of halogens is 1. The number of likely N-dealkylation sites (tertiary alicyclic amines) is 1. The number of ether oxygens (including phenoxy) is 2. The summed E-state index contributed by atoms with van der Waals surface area (Å²) in [5, 5.41) is 0. The monoisotopic (exact) mass is 321 g/mol. The molecule has 0 radical (unpaired) electrons. The van der Waals surface area contributed by atoms with E-state index >= 15 is 0 Å². The molecule has 1 atom stereocenters. The lowest BCUT2D eigenvalue weighted by molar-refractivity contribution is -0.140. The largest absolute Gasteiger partial charge is 0.350 e. The van der Waals surface area contributed by atoms with Crippen LogP contribution in [0.3, 0.4) is 0 Å². The lowest BCUT2D eigenvalue weighted by Crippen LogP contribution is -2.43. The second kappa shape index (κ2) is 7.41. The summed E-state index contributed by atoms with van der Waals surface area (Å²) in [6, 6.07) is 6.49. The Kier molecular flexibility index (Phi) is 5.28. The van der Waals surface area contributed by atoms with Crippen molar-refractivity contribution in [2.75, 3.05) is 26.3 Å². The zero-order valence-electron chi connectivity index (χ0n) is 13.5. The molecule has 0 spiro atoms. The quantitative estimate of drug-likeness (QED) is 0.856. The van der Waals surface area contributed by atoms with E-state index in [9.17, 15) is 9.18 Å². The van der Waals surface area contributed by atoms with Crippen LogP contribution in [0.25, 0.3) is 0 Å². The first-order valence-electron chi connectivity index (χ1n) is 8.40. The van der Waals surface area contributed by atoms with Crippen molar-refractivity contribution in [1.29, 1.82) is 0 Å². The van der Waals surface area contributed by atoms with Crippen molar-refractivity contribution in [2.45, 2.75) is 32.5 Å². The van der Waals surface area contributed by atoms with E-state index in [1.54, 1.807) is 6.07 Å². The molecule has 4 nitrogen and oxygen atoms in total. The van der Waals surface area contributed by atoms with E-state index < -0.39 is 0 Å². The van der Waals surface area contributed by atoms with Crippen molar-refractivity contribution >= 4 is 5.91 Å². The van der Waals surface area contributed by atoms with Gasteiger partial charge in [-0.25, -0.2) is 4.39 Å². The number of hydrogen-bond donors (Lipinski definition) is 0. The average Bonchev–Trinajstić information content (AvgIpc) is 3.09. The first kappa shape index (κ1) is 16.4. The molecule has 1 amide bonds. The molecule has 0 aromatic heterocycles. The summed E-state index contributed by atoms with van der Waals surface area (Å²) < 4.78 is 24.4. The molecule has 23 heavy (non-hydrogen) atoms. The summed E-state index contributed by atoms with van der Waals surface area (Å²) in [7, 11) is 0. The van der Waals surface area contributed by atoms with Crippen LogP contribution in [-0.2, 0) is 20.7 Å². The molecule has 3 rings (SSSR count). The van der Waals surface area contributed by atoms with Crippen LogP contribution in [0.5, 0.6) is 0 Å². The number of piperidine rings is 1. The van der Waals surface area contributed by atoms with Crippen molar-refractivity contribution in [3.05, 3.63) is 35.6 Å². The third-order valence-corrected chi connectivity index (χ3v) is 4.74. The lowest BCUT2D eigenvalue weighted by Gasteiger charge is -2.35. The van der Waals surface area contributed by atoms with Crippen LogP contribution in [0.4, 0.5) is 4.39 Å². The minimum absolute atomic E-state index is 0.0861. The third-order valence-electron chi connectivity index (χ3n) is 4.74. The molecule has 1 aromatic carbocycles. The predicted octanol–water partition coefficient (Wildman–Crippen LogP) is 2.62. The molecule has 1 unspecified atom stereocenters. The second-order valence-corrected chi connectivity index (χ2v) is 6.51. The Morgan fingerprint density at radius 3 is 2.65 bits per heavy atom. The number of hydrogen-bond acceptors (Lipinski definition) is 3. The highest BCUT2D eigenvalue weighted by Gasteiger charge is 2.32. The third kappa shape index (κ3) is 4.09. The van der Waals surface area contributed by atoms with Gasteiger partial charge >= 0.3 is 0 Å². The predicted molar refractivity (Wildman–Crippen MR) is 84.3 cm³/mol. The molecular formula is C18H24FNO3. The Morgan fingerprint density at radius 2 is 2.00 bits per heavy atom. The van der Waals surface area contributed by atoms with Crippen molar-refractivity contribution in [3.63, 3.8) is 0 Å². The van der Waals surface area contributed by atoms with Crippen LogP contribution >= 0.6 is 0 Å². The summed E-state index contributed by atoms with van der Waals surface area (Å²) in [5.74, 6) is 0.160. The van der Waals surface area contributed by atoms with Gasteiger partial charge < -0.3 is 14.4 Å². The molecule has 2 saturated heterocycles. The summed E-state index contributed by atoms with van der Waals surface area (Å²) in [4.78, 5) is 14.5. The summed E-state index contributed by atoms with van der Waals surface area (Å²) >= 11 is 0. The normalized spacial score (nSPS) is 21.6. The molecule has 2 heterocycles. The van der Waals surface area contributed by atoms with Gasteiger partial charge in [-0.3, -0.25) is 4.79 Å². The van der Waals surface area contributed by atoms with Gasteiger partial charge in [0.2, 0.25) is 5.91 Å². The highest BCUT2D eigenvalue weighted by atomic mass is 19.1. The van der Waals surface area contributed by atoms with E-state index in [2.05, 4.69) is 0 Å². The smallest absolute Gasteiger partial charge is 0.225 e. The Bertz CT molecular complexity index is 537. The summed E-state index contributed by atoms with van der Waals surface area (Å²) in [6.07, 6.45) is 2.33. The van der Waals surface area contributed by atoms with Gasteiger partial charge in [0.05, 0.1) is 13.2 Å². The number of carbonyl (C=O) groups is 1. The molecule has 2 fully saturated rings. The van der Waals surface area contributed by atoms with E-state index in [1.807, 2.05) is 17.9 Å². The van der Waals surface area contributed by atoms with Crippen molar-refractivity contribution in [2.24, 2.45) is 11.8 Å². The topological polar surface area (TPSA) is 38.8 Å².